The first-order valence-corrected chi connectivity index (χ1v) is 12.0. The fraction of sp³-hybridized carbons (Fsp3) is 0.381. The fourth-order valence-electron chi connectivity index (χ4n) is 3.41. The number of benzene rings is 2. The van der Waals surface area contributed by atoms with Gasteiger partial charge in [0.25, 0.3) is 0 Å². The largest absolute Gasteiger partial charge is 0.478 e. The topological polar surface area (TPSA) is 89.9 Å². The molecule has 1 heterocycles. The van der Waals surface area contributed by atoms with Crippen molar-refractivity contribution in [2.75, 3.05) is 29.0 Å². The summed E-state index contributed by atoms with van der Waals surface area (Å²) in [5.41, 5.74) is 3.05. The average molecular weight is 435 g/mol. The van der Waals surface area contributed by atoms with Crippen LogP contribution in [0.15, 0.2) is 46.2 Å². The molecule has 0 radical (unpaired) electrons. The Morgan fingerprint density at radius 2 is 2.10 bits per heavy atom. The van der Waals surface area contributed by atoms with Crippen molar-refractivity contribution in [3.05, 3.63) is 47.5 Å². The van der Waals surface area contributed by atoms with E-state index in [2.05, 4.69) is 9.62 Å². The van der Waals surface area contributed by atoms with Crippen LogP contribution in [0.5, 0.6) is 0 Å². The van der Waals surface area contributed by atoms with Crippen molar-refractivity contribution in [1.82, 2.24) is 0 Å². The van der Waals surface area contributed by atoms with Gasteiger partial charge in [0.2, 0.25) is 0 Å². The van der Waals surface area contributed by atoms with E-state index in [9.17, 15) is 19.2 Å². The predicted octanol–water partition coefficient (Wildman–Crippen LogP) is 3.76. The lowest BCUT2D eigenvalue weighted by atomic mass is 10.1. The van der Waals surface area contributed by atoms with E-state index in [-0.39, 0.29) is 11.7 Å². The molecule has 2 aromatic rings. The Kier molecular flexibility index (Phi) is 7.21. The minimum atomic E-state index is -1.12. The first-order chi connectivity index (χ1) is 13.9. The molecule has 8 heteroatoms. The molecule has 0 amide bonds. The van der Waals surface area contributed by atoms with Crippen LogP contribution in [0.1, 0.15) is 35.7 Å². The third-order valence-electron chi connectivity index (χ3n) is 5.00. The number of hydrogen-bond donors (Lipinski definition) is 3. The number of aromatic carboxylic acids is 1. The number of nitrogens with one attached hydrogen (secondary N) is 1. The predicted molar refractivity (Wildman–Crippen MR) is 118 cm³/mol. The van der Waals surface area contributed by atoms with E-state index in [4.69, 9.17) is 0 Å². The Morgan fingerprint density at radius 1 is 1.31 bits per heavy atom. The maximum Gasteiger partial charge on any atom is 0.335 e. The summed E-state index contributed by atoms with van der Waals surface area (Å²) in [4.78, 5) is 15.0. The van der Waals surface area contributed by atoms with Gasteiger partial charge in [-0.1, -0.05) is 13.0 Å². The second-order valence-electron chi connectivity index (χ2n) is 7.06. The molecule has 1 aliphatic heterocycles. The smallest absolute Gasteiger partial charge is 0.335 e. The lowest BCUT2D eigenvalue weighted by Crippen LogP contribution is -2.38. The van der Waals surface area contributed by atoms with Crippen LogP contribution in [0.4, 0.5) is 11.4 Å². The molecule has 3 N–H and O–H groups in total. The summed E-state index contributed by atoms with van der Waals surface area (Å²) in [7, 11) is -1.12. The number of aryl methyl sites for hydroxylation is 1. The van der Waals surface area contributed by atoms with Crippen LogP contribution in [0.3, 0.4) is 0 Å². The van der Waals surface area contributed by atoms with Crippen molar-refractivity contribution in [2.45, 2.75) is 42.1 Å². The van der Waals surface area contributed by atoms with Gasteiger partial charge in [0.1, 0.15) is 0 Å². The number of aliphatic hydroxyl groups is 1. The van der Waals surface area contributed by atoms with E-state index in [1.165, 1.54) is 11.9 Å². The molecule has 1 aliphatic rings. The molecule has 2 aromatic carbocycles. The van der Waals surface area contributed by atoms with Crippen molar-refractivity contribution in [2.24, 2.45) is 0 Å². The Morgan fingerprint density at radius 3 is 2.76 bits per heavy atom. The van der Waals surface area contributed by atoms with Gasteiger partial charge in [-0.3, -0.25) is 4.21 Å². The summed E-state index contributed by atoms with van der Waals surface area (Å²) >= 11 is 1.35. The van der Waals surface area contributed by atoms with E-state index in [1.54, 1.807) is 18.4 Å². The molecule has 3 rings (SSSR count). The van der Waals surface area contributed by atoms with Gasteiger partial charge in [-0.2, -0.15) is 0 Å². The number of carbonyl (C=O) groups is 1. The summed E-state index contributed by atoms with van der Waals surface area (Å²) in [6.07, 6.45) is 3.78. The van der Waals surface area contributed by atoms with Gasteiger partial charge in [0.15, 0.2) is 0 Å². The highest BCUT2D eigenvalue weighted by Crippen LogP contribution is 2.35. The molecule has 1 saturated heterocycles. The molecule has 0 saturated carbocycles. The van der Waals surface area contributed by atoms with E-state index >= 15 is 0 Å². The molecule has 6 nitrogen and oxygen atoms in total. The van der Waals surface area contributed by atoms with Crippen molar-refractivity contribution in [3.8, 4) is 0 Å². The minimum absolute atomic E-state index is 0.245. The van der Waals surface area contributed by atoms with Crippen molar-refractivity contribution >= 4 is 40.1 Å². The number of rotatable bonds is 7. The minimum Gasteiger partial charge on any atom is -0.478 e. The molecule has 1 fully saturated rings. The van der Waals surface area contributed by atoms with Crippen molar-refractivity contribution in [1.29, 1.82) is 0 Å². The average Bonchev–Trinajstić information content (AvgIpc) is 2.71. The van der Waals surface area contributed by atoms with Gasteiger partial charge >= 0.3 is 5.97 Å². The second-order valence-corrected chi connectivity index (χ2v) is 9.29. The molecular weight excluding hydrogens is 408 g/mol. The van der Waals surface area contributed by atoms with Gasteiger partial charge in [-0.15, -0.1) is 0 Å². The SMILES string of the molecule is CCc1ccc(C(=O)O)cc1SNc1cc(S(C)=O)ccc1N1CCCC(O)C1. The lowest BCUT2D eigenvalue weighted by molar-refractivity contribution is 0.0696. The Labute approximate surface area is 177 Å². The fourth-order valence-corrected chi connectivity index (χ4v) is 4.87. The first kappa shape index (κ1) is 21.7. The van der Waals surface area contributed by atoms with Gasteiger partial charge < -0.3 is 19.8 Å². The number of aliphatic hydroxyl groups excluding tert-OH is 1. The van der Waals surface area contributed by atoms with E-state index in [0.29, 0.717) is 11.4 Å². The molecule has 0 spiro atoms. The van der Waals surface area contributed by atoms with E-state index < -0.39 is 16.8 Å². The summed E-state index contributed by atoms with van der Waals surface area (Å²) in [6.45, 7) is 3.43. The summed E-state index contributed by atoms with van der Waals surface area (Å²) in [6, 6.07) is 10.8. The quantitative estimate of drug-likeness (QED) is 0.572. The summed E-state index contributed by atoms with van der Waals surface area (Å²) in [5.74, 6) is -0.958. The maximum absolute atomic E-state index is 12.0. The van der Waals surface area contributed by atoms with Crippen LogP contribution < -0.4 is 9.62 Å². The molecular formula is C21H26N2O4S2. The van der Waals surface area contributed by atoms with Gasteiger partial charge in [-0.05, 0) is 67.1 Å². The number of β-amino-alcohol motifs (C(OH)–C–C–N with tert-alkyl or cyclic N) is 1. The van der Waals surface area contributed by atoms with Crippen LogP contribution in [-0.2, 0) is 17.2 Å². The maximum atomic E-state index is 12.0. The molecule has 2 unspecified atom stereocenters. The molecule has 0 aromatic heterocycles. The van der Waals surface area contributed by atoms with Crippen molar-refractivity contribution in [3.63, 3.8) is 0 Å². The zero-order valence-corrected chi connectivity index (χ0v) is 18.2. The first-order valence-electron chi connectivity index (χ1n) is 9.58. The Bertz CT molecular complexity index is 920. The van der Waals surface area contributed by atoms with Crippen LogP contribution >= 0.6 is 11.9 Å². The Balaban J connectivity index is 1.91. The van der Waals surface area contributed by atoms with Crippen LogP contribution in [0.25, 0.3) is 0 Å². The van der Waals surface area contributed by atoms with E-state index in [0.717, 1.165) is 47.6 Å². The third kappa shape index (κ3) is 5.32. The number of anilines is 2. The molecule has 0 bridgehead atoms. The second kappa shape index (κ2) is 9.65. The Hall–Kier alpha value is -2.03. The molecule has 0 aliphatic carbocycles. The number of carboxylic acid groups (broad SMARTS) is 1. The number of carboxylic acids is 1. The van der Waals surface area contributed by atoms with Crippen LogP contribution in [0.2, 0.25) is 0 Å². The van der Waals surface area contributed by atoms with Crippen molar-refractivity contribution < 1.29 is 19.2 Å². The van der Waals surface area contributed by atoms with Gasteiger partial charge in [0, 0.05) is 39.9 Å². The zero-order chi connectivity index (χ0) is 21.0. The number of hydrogen-bond acceptors (Lipinski definition) is 6. The lowest BCUT2D eigenvalue weighted by Gasteiger charge is -2.33. The number of piperidine rings is 1. The highest BCUT2D eigenvalue weighted by Gasteiger charge is 2.21. The highest BCUT2D eigenvalue weighted by molar-refractivity contribution is 8.00. The molecule has 156 valence electrons. The standard InChI is InChI=1S/C21H26N2O4S2/c1-3-14-6-7-15(21(25)26)11-20(14)28-22-18-12-17(29(2)27)8-9-19(18)23-10-4-5-16(24)13-23/h6-9,11-12,16,22,24H,3-5,10,13H2,1-2H3,(H,25,26). The van der Waals surface area contributed by atoms with E-state index in [1.807, 2.05) is 31.2 Å². The highest BCUT2D eigenvalue weighted by atomic mass is 32.2. The van der Waals surface area contributed by atoms with Gasteiger partial charge in [-0.25, -0.2) is 4.79 Å². The molecule has 2 atom stereocenters. The van der Waals surface area contributed by atoms with Crippen LogP contribution in [0, 0.1) is 0 Å². The third-order valence-corrected chi connectivity index (χ3v) is 6.84. The normalized spacial score (nSPS) is 17.8. The summed E-state index contributed by atoms with van der Waals surface area (Å²) < 4.78 is 15.3. The zero-order valence-electron chi connectivity index (χ0n) is 16.6. The summed E-state index contributed by atoms with van der Waals surface area (Å²) in [5, 5.41) is 19.4. The number of nitrogens with zero attached hydrogens (tertiary/aromatic N) is 1. The monoisotopic (exact) mass is 434 g/mol. The molecule has 29 heavy (non-hydrogen) atoms. The van der Waals surface area contributed by atoms with Crippen LogP contribution in [-0.4, -0.2) is 45.8 Å². The van der Waals surface area contributed by atoms with Gasteiger partial charge in [0.05, 0.1) is 23.0 Å².